The fourth-order valence-electron chi connectivity index (χ4n) is 4.27. The molecule has 3 heterocycles. The lowest BCUT2D eigenvalue weighted by Gasteiger charge is -2.32. The highest BCUT2D eigenvalue weighted by Gasteiger charge is 2.51. The fraction of sp³-hybridized carbons (Fsp3) is 0.231. The van der Waals surface area contributed by atoms with E-state index < -0.39 is 7.12 Å². The molecule has 0 unspecified atom stereocenters. The van der Waals surface area contributed by atoms with Crippen molar-refractivity contribution in [2.45, 2.75) is 38.9 Å². The second kappa shape index (κ2) is 6.64. The van der Waals surface area contributed by atoms with Crippen LogP contribution in [0.4, 0.5) is 0 Å². The molecule has 0 amide bonds. The maximum Gasteiger partial charge on any atom is 0.494 e. The van der Waals surface area contributed by atoms with Crippen LogP contribution in [0, 0.1) is 0 Å². The molecule has 0 bridgehead atoms. The SMILES string of the molecule is CC1(C)OB(c2ccc3c(ccc4ccc5nc(-c6ccccn6)oc5c43)c2)OC1(C)C. The Balaban J connectivity index is 1.51. The predicted octanol–water partition coefficient (Wildman–Crippen LogP) is 5.50. The van der Waals surface area contributed by atoms with Gasteiger partial charge in [-0.05, 0) is 67.5 Å². The first-order valence-corrected chi connectivity index (χ1v) is 10.9. The molecule has 32 heavy (non-hydrogen) atoms. The van der Waals surface area contributed by atoms with Gasteiger partial charge >= 0.3 is 7.12 Å². The minimum absolute atomic E-state index is 0.371. The van der Waals surface area contributed by atoms with Crippen molar-refractivity contribution in [1.29, 1.82) is 0 Å². The standard InChI is InChI=1S/C26H23BN2O3/c1-25(2)26(3,4)32-27(31-25)18-11-12-19-17(15-18)9-8-16-10-13-20-23(22(16)19)30-24(29-20)21-7-5-6-14-28-21/h5-15H,1-4H3. The van der Waals surface area contributed by atoms with E-state index in [0.717, 1.165) is 43.8 Å². The maximum atomic E-state index is 6.25. The summed E-state index contributed by atoms with van der Waals surface area (Å²) in [6, 6.07) is 20.4. The second-order valence-electron chi connectivity index (χ2n) is 9.38. The van der Waals surface area contributed by atoms with Crippen molar-refractivity contribution in [2.24, 2.45) is 0 Å². The van der Waals surface area contributed by atoms with Gasteiger partial charge in [-0.3, -0.25) is 4.98 Å². The molecule has 0 atom stereocenters. The summed E-state index contributed by atoms with van der Waals surface area (Å²) >= 11 is 0. The Morgan fingerprint density at radius 3 is 2.31 bits per heavy atom. The van der Waals surface area contributed by atoms with Gasteiger partial charge in [-0.1, -0.05) is 42.5 Å². The number of nitrogens with zero attached hydrogens (tertiary/aromatic N) is 2. The number of aromatic nitrogens is 2. The Kier molecular flexibility index (Phi) is 4.04. The molecule has 0 radical (unpaired) electrons. The van der Waals surface area contributed by atoms with E-state index in [1.807, 2.05) is 24.3 Å². The van der Waals surface area contributed by atoms with Crippen molar-refractivity contribution in [2.75, 3.05) is 0 Å². The van der Waals surface area contributed by atoms with Crippen molar-refractivity contribution >= 4 is 45.2 Å². The molecule has 2 aromatic heterocycles. The van der Waals surface area contributed by atoms with E-state index in [1.165, 1.54) is 0 Å². The van der Waals surface area contributed by atoms with Crippen molar-refractivity contribution in [3.05, 3.63) is 66.9 Å². The molecule has 5 nitrogen and oxygen atoms in total. The number of fused-ring (bicyclic) bond motifs is 5. The third-order valence-corrected chi connectivity index (χ3v) is 6.79. The average molecular weight is 422 g/mol. The van der Waals surface area contributed by atoms with Gasteiger partial charge in [-0.15, -0.1) is 0 Å². The molecule has 1 fully saturated rings. The van der Waals surface area contributed by atoms with Crippen molar-refractivity contribution in [1.82, 2.24) is 9.97 Å². The van der Waals surface area contributed by atoms with Gasteiger partial charge in [0, 0.05) is 11.6 Å². The van der Waals surface area contributed by atoms with Gasteiger partial charge < -0.3 is 13.7 Å². The van der Waals surface area contributed by atoms with E-state index in [4.69, 9.17) is 13.7 Å². The van der Waals surface area contributed by atoms with E-state index in [0.29, 0.717) is 5.89 Å². The zero-order chi connectivity index (χ0) is 22.1. The minimum atomic E-state index is -0.392. The van der Waals surface area contributed by atoms with Gasteiger partial charge in [0.25, 0.3) is 0 Å². The minimum Gasteiger partial charge on any atom is -0.434 e. The maximum absolute atomic E-state index is 6.25. The van der Waals surface area contributed by atoms with Crippen LogP contribution < -0.4 is 5.46 Å². The van der Waals surface area contributed by atoms with Crippen LogP contribution in [0.25, 0.3) is 44.2 Å². The lowest BCUT2D eigenvalue weighted by Crippen LogP contribution is -2.41. The van der Waals surface area contributed by atoms with Crippen LogP contribution in [0.2, 0.25) is 0 Å². The highest BCUT2D eigenvalue weighted by atomic mass is 16.7. The normalized spacial score (nSPS) is 17.6. The predicted molar refractivity (Wildman–Crippen MR) is 128 cm³/mol. The number of oxazole rings is 1. The molecule has 0 aliphatic carbocycles. The first kappa shape index (κ1) is 19.5. The Bertz CT molecular complexity index is 1480. The van der Waals surface area contributed by atoms with E-state index in [-0.39, 0.29) is 11.2 Å². The Morgan fingerprint density at radius 2 is 1.56 bits per heavy atom. The van der Waals surface area contributed by atoms with Crippen LogP contribution in [-0.4, -0.2) is 28.3 Å². The summed E-state index contributed by atoms with van der Waals surface area (Å²) in [5.74, 6) is 0.527. The topological polar surface area (TPSA) is 57.4 Å². The monoisotopic (exact) mass is 422 g/mol. The molecule has 1 aliphatic rings. The molecule has 6 rings (SSSR count). The van der Waals surface area contributed by atoms with Crippen LogP contribution in [0.15, 0.2) is 71.3 Å². The average Bonchev–Trinajstić information content (AvgIpc) is 3.31. The van der Waals surface area contributed by atoms with Gasteiger partial charge in [-0.2, -0.15) is 0 Å². The number of hydrogen-bond acceptors (Lipinski definition) is 5. The summed E-state index contributed by atoms with van der Waals surface area (Å²) in [4.78, 5) is 9.06. The highest BCUT2D eigenvalue weighted by Crippen LogP contribution is 2.38. The molecule has 0 saturated carbocycles. The summed E-state index contributed by atoms with van der Waals surface area (Å²) in [5.41, 5.74) is 2.58. The first-order valence-electron chi connectivity index (χ1n) is 10.9. The molecule has 158 valence electrons. The molecule has 0 N–H and O–H groups in total. The van der Waals surface area contributed by atoms with Gasteiger partial charge in [-0.25, -0.2) is 4.98 Å². The molecular formula is C26H23BN2O3. The van der Waals surface area contributed by atoms with Crippen LogP contribution in [-0.2, 0) is 9.31 Å². The lowest BCUT2D eigenvalue weighted by molar-refractivity contribution is 0.00578. The highest BCUT2D eigenvalue weighted by molar-refractivity contribution is 6.62. The largest absolute Gasteiger partial charge is 0.494 e. The van der Waals surface area contributed by atoms with Gasteiger partial charge in [0.05, 0.1) is 11.2 Å². The van der Waals surface area contributed by atoms with E-state index in [2.05, 4.69) is 74.1 Å². The van der Waals surface area contributed by atoms with Gasteiger partial charge in [0.2, 0.25) is 5.89 Å². The number of pyridine rings is 1. The molecular weight excluding hydrogens is 399 g/mol. The second-order valence-corrected chi connectivity index (χ2v) is 9.38. The van der Waals surface area contributed by atoms with Crippen molar-refractivity contribution in [3.8, 4) is 11.6 Å². The van der Waals surface area contributed by atoms with Crippen LogP contribution >= 0.6 is 0 Å². The van der Waals surface area contributed by atoms with Crippen LogP contribution in [0.1, 0.15) is 27.7 Å². The zero-order valence-electron chi connectivity index (χ0n) is 18.5. The quantitative estimate of drug-likeness (QED) is 0.278. The Hall–Kier alpha value is -3.22. The molecule has 3 aromatic carbocycles. The van der Waals surface area contributed by atoms with E-state index in [9.17, 15) is 0 Å². The molecule has 5 aromatic rings. The van der Waals surface area contributed by atoms with Crippen molar-refractivity contribution in [3.63, 3.8) is 0 Å². The molecule has 1 aliphatic heterocycles. The number of rotatable bonds is 2. The molecule has 1 saturated heterocycles. The van der Waals surface area contributed by atoms with Crippen LogP contribution in [0.5, 0.6) is 0 Å². The Labute approximate surface area is 186 Å². The first-order chi connectivity index (χ1) is 15.3. The fourth-order valence-corrected chi connectivity index (χ4v) is 4.27. The smallest absolute Gasteiger partial charge is 0.434 e. The number of benzene rings is 3. The van der Waals surface area contributed by atoms with E-state index >= 15 is 0 Å². The summed E-state index contributed by atoms with van der Waals surface area (Å²) in [6.45, 7) is 8.28. The van der Waals surface area contributed by atoms with Gasteiger partial charge in [0.15, 0.2) is 5.58 Å². The molecule has 6 heteroatoms. The third-order valence-electron chi connectivity index (χ3n) is 6.79. The lowest BCUT2D eigenvalue weighted by atomic mass is 9.78. The third kappa shape index (κ3) is 2.87. The summed E-state index contributed by atoms with van der Waals surface area (Å²) in [7, 11) is -0.392. The van der Waals surface area contributed by atoms with E-state index in [1.54, 1.807) is 6.20 Å². The van der Waals surface area contributed by atoms with Crippen LogP contribution in [0.3, 0.4) is 0 Å². The van der Waals surface area contributed by atoms with Gasteiger partial charge in [0.1, 0.15) is 11.2 Å². The zero-order valence-corrected chi connectivity index (χ0v) is 18.5. The Morgan fingerprint density at radius 1 is 0.812 bits per heavy atom. The summed E-state index contributed by atoms with van der Waals surface area (Å²) < 4.78 is 18.7. The summed E-state index contributed by atoms with van der Waals surface area (Å²) in [6.07, 6.45) is 1.75. The summed E-state index contributed by atoms with van der Waals surface area (Å²) in [5, 5.41) is 4.37. The number of hydrogen-bond donors (Lipinski definition) is 0. The molecule has 0 spiro atoms. The van der Waals surface area contributed by atoms with Crippen molar-refractivity contribution < 1.29 is 13.7 Å².